The van der Waals surface area contributed by atoms with Crippen LogP contribution in [0.3, 0.4) is 0 Å². The number of nitrogens with one attached hydrogen (secondary N) is 1. The molecule has 6 nitrogen and oxygen atoms in total. The summed E-state index contributed by atoms with van der Waals surface area (Å²) in [6.07, 6.45) is 2.97. The van der Waals surface area contributed by atoms with E-state index in [1.54, 1.807) is 21.3 Å². The van der Waals surface area contributed by atoms with Crippen molar-refractivity contribution in [2.45, 2.75) is 31.8 Å². The highest BCUT2D eigenvalue weighted by Crippen LogP contribution is 2.37. The van der Waals surface area contributed by atoms with Crippen LogP contribution < -0.4 is 19.5 Å². The van der Waals surface area contributed by atoms with Gasteiger partial charge >= 0.3 is 6.03 Å². The first kappa shape index (κ1) is 22.5. The minimum atomic E-state index is -0.170. The summed E-state index contributed by atoms with van der Waals surface area (Å²) in [6, 6.07) is 21.4. The molecule has 0 fully saturated rings. The third-order valence-electron chi connectivity index (χ3n) is 6.12. The molecule has 3 aromatic carbocycles. The van der Waals surface area contributed by atoms with E-state index in [0.29, 0.717) is 29.5 Å². The van der Waals surface area contributed by atoms with Crippen molar-refractivity contribution in [3.8, 4) is 17.2 Å². The normalized spacial score (nSPS) is 14.7. The van der Waals surface area contributed by atoms with Crippen LogP contribution in [0.5, 0.6) is 17.2 Å². The van der Waals surface area contributed by atoms with Gasteiger partial charge in [0.05, 0.1) is 33.1 Å². The van der Waals surface area contributed by atoms with Crippen LogP contribution in [0.4, 0.5) is 10.5 Å². The zero-order chi connectivity index (χ0) is 23.2. The van der Waals surface area contributed by atoms with E-state index in [1.807, 2.05) is 53.4 Å². The van der Waals surface area contributed by atoms with Gasteiger partial charge in [0.2, 0.25) is 0 Å². The van der Waals surface area contributed by atoms with E-state index >= 15 is 0 Å². The Morgan fingerprint density at radius 3 is 2.42 bits per heavy atom. The molecule has 0 heterocycles. The monoisotopic (exact) mass is 446 g/mol. The fourth-order valence-corrected chi connectivity index (χ4v) is 4.49. The van der Waals surface area contributed by atoms with Crippen LogP contribution in [0.2, 0.25) is 0 Å². The Labute approximate surface area is 195 Å². The number of amides is 2. The van der Waals surface area contributed by atoms with Crippen LogP contribution in [0.25, 0.3) is 0 Å². The molecule has 0 saturated carbocycles. The molecule has 1 N–H and O–H groups in total. The Balaban J connectivity index is 1.69. The molecule has 0 bridgehead atoms. The number of benzene rings is 3. The van der Waals surface area contributed by atoms with Gasteiger partial charge in [0.15, 0.2) is 11.5 Å². The Kier molecular flexibility index (Phi) is 7.03. The van der Waals surface area contributed by atoms with Crippen molar-refractivity contribution in [2.24, 2.45) is 0 Å². The Bertz CT molecular complexity index is 1110. The van der Waals surface area contributed by atoms with Crippen LogP contribution in [0.15, 0.2) is 66.7 Å². The summed E-state index contributed by atoms with van der Waals surface area (Å²) < 4.78 is 16.3. The molecule has 33 heavy (non-hydrogen) atoms. The number of carbonyl (C=O) groups excluding carboxylic acids is 1. The fraction of sp³-hybridized carbons (Fsp3) is 0.296. The summed E-state index contributed by atoms with van der Waals surface area (Å²) in [6.45, 7) is 0.431. The van der Waals surface area contributed by atoms with Crippen molar-refractivity contribution >= 4 is 11.7 Å². The second kappa shape index (κ2) is 10.3. The number of aryl methyl sites for hydroxylation is 1. The minimum Gasteiger partial charge on any atom is -0.495 e. The highest BCUT2D eigenvalue weighted by molar-refractivity contribution is 5.91. The quantitative estimate of drug-likeness (QED) is 0.496. The summed E-state index contributed by atoms with van der Waals surface area (Å²) in [5.41, 5.74) is 4.12. The molecular formula is C27H30N2O4. The number of fused-ring (bicyclic) bond motifs is 1. The number of nitrogens with zero attached hydrogens (tertiary/aromatic N) is 1. The van der Waals surface area contributed by atoms with Gasteiger partial charge in [0, 0.05) is 6.54 Å². The van der Waals surface area contributed by atoms with E-state index in [1.165, 1.54) is 11.1 Å². The van der Waals surface area contributed by atoms with Crippen molar-refractivity contribution in [1.29, 1.82) is 0 Å². The van der Waals surface area contributed by atoms with E-state index in [0.717, 1.165) is 24.8 Å². The van der Waals surface area contributed by atoms with Gasteiger partial charge in [-0.15, -0.1) is 0 Å². The number of methoxy groups -OCH3 is 3. The molecule has 0 aliphatic heterocycles. The molecule has 0 aromatic heterocycles. The molecule has 0 radical (unpaired) electrons. The number of hydrogen-bond donors (Lipinski definition) is 1. The third kappa shape index (κ3) is 4.90. The second-order valence-corrected chi connectivity index (χ2v) is 8.05. The molecule has 6 heteroatoms. The van der Waals surface area contributed by atoms with Crippen LogP contribution in [0, 0.1) is 0 Å². The standard InChI is InChI=1S/C27H30N2O4/c1-31-24-14-7-6-12-22(24)28-27(30)29(18-19-15-16-25(32-2)26(17-19)33-3)23-13-8-10-20-9-4-5-11-21(20)23/h4-7,9,11-12,14-17,23H,8,10,13,18H2,1-3H3,(H,28,30). The lowest BCUT2D eigenvalue weighted by molar-refractivity contribution is 0.175. The number of para-hydroxylation sites is 2. The zero-order valence-electron chi connectivity index (χ0n) is 19.3. The van der Waals surface area contributed by atoms with Gasteiger partial charge in [-0.25, -0.2) is 4.79 Å². The van der Waals surface area contributed by atoms with Crippen LogP contribution in [-0.4, -0.2) is 32.3 Å². The Morgan fingerprint density at radius 2 is 1.64 bits per heavy atom. The highest BCUT2D eigenvalue weighted by atomic mass is 16.5. The number of anilines is 1. The van der Waals surface area contributed by atoms with Gasteiger partial charge < -0.3 is 24.4 Å². The van der Waals surface area contributed by atoms with E-state index in [4.69, 9.17) is 14.2 Å². The van der Waals surface area contributed by atoms with Crippen LogP contribution in [-0.2, 0) is 13.0 Å². The van der Waals surface area contributed by atoms with Crippen molar-refractivity contribution in [2.75, 3.05) is 26.6 Å². The summed E-state index contributed by atoms with van der Waals surface area (Å²) in [7, 11) is 4.83. The maximum absolute atomic E-state index is 13.7. The second-order valence-electron chi connectivity index (χ2n) is 8.05. The van der Waals surface area contributed by atoms with Gasteiger partial charge in [-0.1, -0.05) is 42.5 Å². The summed E-state index contributed by atoms with van der Waals surface area (Å²) in [5, 5.41) is 3.07. The molecule has 1 aliphatic rings. The molecule has 1 atom stereocenters. The number of carbonyl (C=O) groups is 1. The summed E-state index contributed by atoms with van der Waals surface area (Å²) in [4.78, 5) is 15.6. The number of ether oxygens (including phenoxy) is 3. The summed E-state index contributed by atoms with van der Waals surface area (Å²) >= 11 is 0. The molecule has 3 aromatic rings. The first-order valence-electron chi connectivity index (χ1n) is 11.1. The first-order valence-corrected chi connectivity index (χ1v) is 11.1. The average Bonchev–Trinajstić information content (AvgIpc) is 2.87. The Morgan fingerprint density at radius 1 is 0.909 bits per heavy atom. The van der Waals surface area contributed by atoms with Crippen molar-refractivity contribution < 1.29 is 19.0 Å². The molecule has 1 aliphatic carbocycles. The lowest BCUT2D eigenvalue weighted by Gasteiger charge is -2.36. The van der Waals surface area contributed by atoms with E-state index < -0.39 is 0 Å². The van der Waals surface area contributed by atoms with Gasteiger partial charge in [0.25, 0.3) is 0 Å². The number of hydrogen-bond acceptors (Lipinski definition) is 4. The Hall–Kier alpha value is -3.67. The molecule has 172 valence electrons. The van der Waals surface area contributed by atoms with E-state index in [2.05, 4.69) is 23.5 Å². The highest BCUT2D eigenvalue weighted by Gasteiger charge is 2.30. The van der Waals surface area contributed by atoms with E-state index in [9.17, 15) is 4.79 Å². The zero-order valence-corrected chi connectivity index (χ0v) is 19.3. The van der Waals surface area contributed by atoms with E-state index in [-0.39, 0.29) is 12.1 Å². The molecule has 0 spiro atoms. The number of urea groups is 1. The maximum Gasteiger partial charge on any atom is 0.322 e. The lowest BCUT2D eigenvalue weighted by Crippen LogP contribution is -2.39. The molecule has 2 amide bonds. The first-order chi connectivity index (χ1) is 16.1. The smallest absolute Gasteiger partial charge is 0.322 e. The van der Waals surface area contributed by atoms with Gasteiger partial charge in [-0.3, -0.25) is 0 Å². The largest absolute Gasteiger partial charge is 0.495 e. The topological polar surface area (TPSA) is 60.0 Å². The van der Waals surface area contributed by atoms with Crippen molar-refractivity contribution in [1.82, 2.24) is 4.90 Å². The molecule has 1 unspecified atom stereocenters. The van der Waals surface area contributed by atoms with Crippen LogP contribution in [0.1, 0.15) is 35.6 Å². The van der Waals surface area contributed by atoms with Gasteiger partial charge in [-0.05, 0) is 60.2 Å². The SMILES string of the molecule is COc1ccccc1NC(=O)N(Cc1ccc(OC)c(OC)c1)C1CCCc2ccccc21. The maximum atomic E-state index is 13.7. The van der Waals surface area contributed by atoms with Crippen molar-refractivity contribution in [3.63, 3.8) is 0 Å². The minimum absolute atomic E-state index is 0.0299. The lowest BCUT2D eigenvalue weighted by atomic mass is 9.86. The predicted octanol–water partition coefficient (Wildman–Crippen LogP) is 5.82. The van der Waals surface area contributed by atoms with Crippen LogP contribution >= 0.6 is 0 Å². The molecule has 0 saturated heterocycles. The van der Waals surface area contributed by atoms with Gasteiger partial charge in [0.1, 0.15) is 5.75 Å². The summed E-state index contributed by atoms with van der Waals surface area (Å²) in [5.74, 6) is 1.93. The molecular weight excluding hydrogens is 416 g/mol. The fourth-order valence-electron chi connectivity index (χ4n) is 4.49. The average molecular weight is 447 g/mol. The third-order valence-corrected chi connectivity index (χ3v) is 6.12. The van der Waals surface area contributed by atoms with Gasteiger partial charge in [-0.2, -0.15) is 0 Å². The number of rotatable bonds is 7. The van der Waals surface area contributed by atoms with Crippen molar-refractivity contribution in [3.05, 3.63) is 83.4 Å². The molecule has 4 rings (SSSR count). The predicted molar refractivity (Wildman–Crippen MR) is 129 cm³/mol.